The van der Waals surface area contributed by atoms with Crippen LogP contribution in [-0.4, -0.2) is 20.2 Å². The number of aryl methyl sites for hydroxylation is 2. The molecular weight excluding hydrogens is 258 g/mol. The zero-order valence-electron chi connectivity index (χ0n) is 11.3. The third-order valence-electron chi connectivity index (χ3n) is 2.86. The molecule has 5 nitrogen and oxygen atoms in total. The Labute approximate surface area is 117 Å². The quantitative estimate of drug-likeness (QED) is 0.649. The van der Waals surface area contributed by atoms with Crippen molar-refractivity contribution in [3.05, 3.63) is 29.6 Å². The molecule has 0 aliphatic carbocycles. The number of nitrogen functional groups attached to an aromatic ring is 1. The molecule has 2 rings (SSSR count). The standard InChI is InChI=1S/C13H19N5S/c1-3-4-7-18-13(15-16-17-18)9-19-12-8-10(2)5-6-11(12)14/h5-6,8H,3-4,7,9,14H2,1-2H3. The van der Waals surface area contributed by atoms with Gasteiger partial charge in [0.25, 0.3) is 0 Å². The Bertz CT molecular complexity index is 538. The van der Waals surface area contributed by atoms with Crippen molar-refractivity contribution in [2.24, 2.45) is 0 Å². The molecule has 0 amide bonds. The Balaban J connectivity index is 2.02. The van der Waals surface area contributed by atoms with Crippen LogP contribution in [-0.2, 0) is 12.3 Å². The van der Waals surface area contributed by atoms with Gasteiger partial charge in [-0.3, -0.25) is 0 Å². The molecule has 0 spiro atoms. The van der Waals surface area contributed by atoms with Crippen LogP contribution in [0.1, 0.15) is 31.2 Å². The molecule has 1 aromatic heterocycles. The van der Waals surface area contributed by atoms with Gasteiger partial charge in [-0.15, -0.1) is 16.9 Å². The lowest BCUT2D eigenvalue weighted by Crippen LogP contribution is -2.05. The monoisotopic (exact) mass is 277 g/mol. The Morgan fingerprint density at radius 1 is 1.37 bits per heavy atom. The average Bonchev–Trinajstić information content (AvgIpc) is 2.85. The van der Waals surface area contributed by atoms with Crippen molar-refractivity contribution in [1.29, 1.82) is 0 Å². The van der Waals surface area contributed by atoms with Crippen molar-refractivity contribution >= 4 is 17.4 Å². The summed E-state index contributed by atoms with van der Waals surface area (Å²) < 4.78 is 1.88. The maximum absolute atomic E-state index is 5.97. The molecule has 6 heteroatoms. The van der Waals surface area contributed by atoms with Crippen LogP contribution in [0.4, 0.5) is 5.69 Å². The molecule has 0 saturated carbocycles. The number of hydrogen-bond acceptors (Lipinski definition) is 5. The first-order chi connectivity index (χ1) is 9.20. The lowest BCUT2D eigenvalue weighted by molar-refractivity contribution is 0.540. The maximum atomic E-state index is 5.97. The number of tetrazole rings is 1. The maximum Gasteiger partial charge on any atom is 0.161 e. The second-order valence-electron chi connectivity index (χ2n) is 4.50. The summed E-state index contributed by atoms with van der Waals surface area (Å²) in [5, 5.41) is 11.8. The number of unbranched alkanes of at least 4 members (excludes halogenated alkanes) is 1. The van der Waals surface area contributed by atoms with Crippen LogP contribution in [0.5, 0.6) is 0 Å². The highest BCUT2D eigenvalue weighted by molar-refractivity contribution is 7.98. The molecule has 1 aromatic carbocycles. The molecule has 2 N–H and O–H groups in total. The number of benzene rings is 1. The topological polar surface area (TPSA) is 69.6 Å². The molecular formula is C13H19N5S. The zero-order chi connectivity index (χ0) is 13.7. The Morgan fingerprint density at radius 2 is 2.21 bits per heavy atom. The average molecular weight is 277 g/mol. The fourth-order valence-electron chi connectivity index (χ4n) is 1.72. The molecule has 0 fully saturated rings. The van der Waals surface area contributed by atoms with E-state index in [1.807, 2.05) is 16.8 Å². The SMILES string of the molecule is CCCCn1nnnc1CSc1cc(C)ccc1N. The van der Waals surface area contributed by atoms with E-state index in [1.165, 1.54) is 5.56 Å². The van der Waals surface area contributed by atoms with Gasteiger partial charge in [0, 0.05) is 17.1 Å². The van der Waals surface area contributed by atoms with Crippen LogP contribution in [0.3, 0.4) is 0 Å². The third-order valence-corrected chi connectivity index (χ3v) is 3.92. The van der Waals surface area contributed by atoms with E-state index >= 15 is 0 Å². The number of thioether (sulfide) groups is 1. The first kappa shape index (κ1) is 13.9. The summed E-state index contributed by atoms with van der Waals surface area (Å²) in [5.41, 5.74) is 7.99. The van der Waals surface area contributed by atoms with Crippen LogP contribution in [0.25, 0.3) is 0 Å². The fraction of sp³-hybridized carbons (Fsp3) is 0.462. The van der Waals surface area contributed by atoms with E-state index in [0.717, 1.165) is 41.5 Å². The number of anilines is 1. The minimum atomic E-state index is 0.740. The number of rotatable bonds is 6. The van der Waals surface area contributed by atoms with Gasteiger partial charge in [-0.05, 0) is 41.5 Å². The predicted octanol–water partition coefficient (Wildman–Crippen LogP) is 2.66. The highest BCUT2D eigenvalue weighted by Crippen LogP contribution is 2.28. The van der Waals surface area contributed by atoms with Gasteiger partial charge in [-0.25, -0.2) is 4.68 Å². The van der Waals surface area contributed by atoms with Crippen LogP contribution < -0.4 is 5.73 Å². The molecule has 1 heterocycles. The van der Waals surface area contributed by atoms with Crippen LogP contribution in [0.2, 0.25) is 0 Å². The molecule has 0 aliphatic heterocycles. The van der Waals surface area contributed by atoms with Crippen molar-refractivity contribution < 1.29 is 0 Å². The molecule has 0 saturated heterocycles. The van der Waals surface area contributed by atoms with Gasteiger partial charge in [0.1, 0.15) is 0 Å². The lowest BCUT2D eigenvalue weighted by atomic mass is 10.2. The van der Waals surface area contributed by atoms with Gasteiger partial charge in [0.05, 0.1) is 5.75 Å². The number of aromatic nitrogens is 4. The van der Waals surface area contributed by atoms with E-state index in [2.05, 4.69) is 35.4 Å². The summed E-state index contributed by atoms with van der Waals surface area (Å²) >= 11 is 1.68. The van der Waals surface area contributed by atoms with Crippen LogP contribution >= 0.6 is 11.8 Å². The van der Waals surface area contributed by atoms with Crippen molar-refractivity contribution in [2.75, 3.05) is 5.73 Å². The molecule has 0 bridgehead atoms. The summed E-state index contributed by atoms with van der Waals surface area (Å²) in [4.78, 5) is 1.09. The second-order valence-corrected chi connectivity index (χ2v) is 5.52. The first-order valence-electron chi connectivity index (χ1n) is 6.44. The van der Waals surface area contributed by atoms with Gasteiger partial charge in [0.15, 0.2) is 5.82 Å². The van der Waals surface area contributed by atoms with E-state index in [0.29, 0.717) is 0 Å². The normalized spacial score (nSPS) is 10.8. The van der Waals surface area contributed by atoms with Gasteiger partial charge in [-0.1, -0.05) is 19.4 Å². The molecule has 0 radical (unpaired) electrons. The predicted molar refractivity (Wildman–Crippen MR) is 77.9 cm³/mol. The summed E-state index contributed by atoms with van der Waals surface area (Å²) in [6.07, 6.45) is 2.23. The Morgan fingerprint density at radius 3 is 3.00 bits per heavy atom. The summed E-state index contributed by atoms with van der Waals surface area (Å²) in [5.74, 6) is 1.64. The van der Waals surface area contributed by atoms with Crippen molar-refractivity contribution in [1.82, 2.24) is 20.2 Å². The van der Waals surface area contributed by atoms with E-state index in [4.69, 9.17) is 5.73 Å². The van der Waals surface area contributed by atoms with Gasteiger partial charge in [-0.2, -0.15) is 0 Å². The highest BCUT2D eigenvalue weighted by atomic mass is 32.2. The largest absolute Gasteiger partial charge is 0.398 e. The van der Waals surface area contributed by atoms with Gasteiger partial charge >= 0.3 is 0 Å². The molecule has 0 unspecified atom stereocenters. The molecule has 19 heavy (non-hydrogen) atoms. The molecule has 0 atom stereocenters. The van der Waals surface area contributed by atoms with Crippen molar-refractivity contribution in [3.63, 3.8) is 0 Å². The van der Waals surface area contributed by atoms with E-state index in [9.17, 15) is 0 Å². The Kier molecular flexibility index (Phi) is 4.79. The van der Waals surface area contributed by atoms with E-state index < -0.39 is 0 Å². The lowest BCUT2D eigenvalue weighted by Gasteiger charge is -2.07. The number of hydrogen-bond donors (Lipinski definition) is 1. The summed E-state index contributed by atoms with van der Waals surface area (Å²) in [6, 6.07) is 6.06. The van der Waals surface area contributed by atoms with Crippen molar-refractivity contribution in [3.8, 4) is 0 Å². The summed E-state index contributed by atoms with van der Waals surface area (Å²) in [7, 11) is 0. The Hall–Kier alpha value is -1.56. The van der Waals surface area contributed by atoms with E-state index in [1.54, 1.807) is 11.8 Å². The van der Waals surface area contributed by atoms with Crippen LogP contribution in [0, 0.1) is 6.92 Å². The fourth-order valence-corrected chi connectivity index (χ4v) is 2.71. The minimum absolute atomic E-state index is 0.740. The third kappa shape index (κ3) is 3.70. The highest BCUT2D eigenvalue weighted by Gasteiger charge is 2.08. The number of nitrogens with two attached hydrogens (primary N) is 1. The molecule has 2 aromatic rings. The smallest absolute Gasteiger partial charge is 0.161 e. The van der Waals surface area contributed by atoms with Crippen LogP contribution in [0.15, 0.2) is 23.1 Å². The molecule has 0 aliphatic rings. The second kappa shape index (κ2) is 6.56. The summed E-state index contributed by atoms with van der Waals surface area (Å²) in [6.45, 7) is 5.10. The van der Waals surface area contributed by atoms with Gasteiger partial charge in [0.2, 0.25) is 0 Å². The van der Waals surface area contributed by atoms with Crippen molar-refractivity contribution in [2.45, 2.75) is 43.9 Å². The molecule has 102 valence electrons. The van der Waals surface area contributed by atoms with Gasteiger partial charge < -0.3 is 5.73 Å². The minimum Gasteiger partial charge on any atom is -0.398 e. The van der Waals surface area contributed by atoms with E-state index in [-0.39, 0.29) is 0 Å². The first-order valence-corrected chi connectivity index (χ1v) is 7.43. The zero-order valence-corrected chi connectivity index (χ0v) is 12.2. The number of nitrogens with zero attached hydrogens (tertiary/aromatic N) is 4.